The Morgan fingerprint density at radius 2 is 1.48 bits per heavy atom. The molecule has 5 nitrogen and oxygen atoms in total. The molecule has 2 aromatic carbocycles. The summed E-state index contributed by atoms with van der Waals surface area (Å²) in [5.74, 6) is -0.900. The van der Waals surface area contributed by atoms with Crippen molar-refractivity contribution in [2.75, 3.05) is 5.32 Å². The van der Waals surface area contributed by atoms with E-state index >= 15 is 0 Å². The molecule has 3 rings (SSSR count). The van der Waals surface area contributed by atoms with Crippen LogP contribution in [0.4, 0.5) is 5.69 Å². The molecule has 0 saturated carbocycles. The highest BCUT2D eigenvalue weighted by Crippen LogP contribution is 2.17. The molecule has 138 valence electrons. The van der Waals surface area contributed by atoms with Crippen LogP contribution in [0.2, 0.25) is 0 Å². The Bertz CT molecular complexity index is 924. The second-order valence-corrected chi connectivity index (χ2v) is 6.40. The second-order valence-electron chi connectivity index (χ2n) is 6.40. The van der Waals surface area contributed by atoms with E-state index in [1.807, 2.05) is 56.3 Å². The van der Waals surface area contributed by atoms with Crippen LogP contribution in [0.25, 0.3) is 5.69 Å². The minimum atomic E-state index is -0.897. The fraction of sp³-hybridized carbons (Fsp3) is 0.182. The zero-order valence-corrected chi connectivity index (χ0v) is 15.6. The molecule has 0 spiro atoms. The number of ether oxygens (including phenoxy) is 1. The molecule has 0 aliphatic carbocycles. The first-order valence-corrected chi connectivity index (χ1v) is 8.78. The summed E-state index contributed by atoms with van der Waals surface area (Å²) in [6.07, 6.45) is -0.897. The van der Waals surface area contributed by atoms with Gasteiger partial charge < -0.3 is 14.6 Å². The molecule has 1 amide bonds. The fourth-order valence-electron chi connectivity index (χ4n) is 2.87. The van der Waals surface area contributed by atoms with Gasteiger partial charge in [-0.05, 0) is 69.3 Å². The lowest BCUT2D eigenvalue weighted by Crippen LogP contribution is -2.30. The monoisotopic (exact) mass is 362 g/mol. The number of hydrogen-bond acceptors (Lipinski definition) is 3. The molecule has 5 heteroatoms. The molecule has 3 aromatic rings. The van der Waals surface area contributed by atoms with Crippen LogP contribution in [0.5, 0.6) is 0 Å². The van der Waals surface area contributed by atoms with Crippen molar-refractivity contribution in [2.24, 2.45) is 0 Å². The minimum Gasteiger partial charge on any atom is -0.449 e. The van der Waals surface area contributed by atoms with Gasteiger partial charge in [-0.15, -0.1) is 0 Å². The number of hydrogen-bond donors (Lipinski definition) is 1. The molecule has 0 bridgehead atoms. The van der Waals surface area contributed by atoms with Crippen LogP contribution in [0.15, 0.2) is 66.7 Å². The van der Waals surface area contributed by atoms with Crippen molar-refractivity contribution < 1.29 is 14.3 Å². The summed E-state index contributed by atoms with van der Waals surface area (Å²) in [6.45, 7) is 5.61. The first-order chi connectivity index (χ1) is 13.0. The number of carbonyl (C=O) groups excluding carboxylic acids is 2. The van der Waals surface area contributed by atoms with Gasteiger partial charge in [0.2, 0.25) is 0 Å². The summed E-state index contributed by atoms with van der Waals surface area (Å²) in [7, 11) is 0. The van der Waals surface area contributed by atoms with Crippen molar-refractivity contribution in [1.82, 2.24) is 4.57 Å². The van der Waals surface area contributed by atoms with E-state index in [2.05, 4.69) is 9.88 Å². The van der Waals surface area contributed by atoms with Gasteiger partial charge in [0.05, 0.1) is 5.56 Å². The third-order valence-electron chi connectivity index (χ3n) is 4.33. The maximum absolute atomic E-state index is 12.3. The minimum absolute atomic E-state index is 0.371. The summed E-state index contributed by atoms with van der Waals surface area (Å²) in [5.41, 5.74) is 4.28. The molecule has 1 N–H and O–H groups in total. The number of aromatic nitrogens is 1. The largest absolute Gasteiger partial charge is 0.449 e. The molecule has 1 aromatic heterocycles. The van der Waals surface area contributed by atoms with E-state index in [1.54, 1.807) is 31.2 Å². The van der Waals surface area contributed by atoms with Gasteiger partial charge in [0.1, 0.15) is 0 Å². The Morgan fingerprint density at radius 1 is 0.889 bits per heavy atom. The van der Waals surface area contributed by atoms with E-state index in [4.69, 9.17) is 4.74 Å². The molecule has 0 fully saturated rings. The summed E-state index contributed by atoms with van der Waals surface area (Å²) >= 11 is 0. The number of benzene rings is 2. The third-order valence-corrected chi connectivity index (χ3v) is 4.33. The standard InChI is InChI=1S/C22H22N2O3/c1-15-9-10-16(2)24(15)20-13-11-18(12-14-20)22(26)27-17(3)21(25)23-19-7-5-4-6-8-19/h4-14,17H,1-3H3,(H,23,25)/t17-/m1/s1. The van der Waals surface area contributed by atoms with E-state index in [-0.39, 0.29) is 5.91 Å². The van der Waals surface area contributed by atoms with E-state index in [0.717, 1.165) is 17.1 Å². The van der Waals surface area contributed by atoms with E-state index < -0.39 is 12.1 Å². The summed E-state index contributed by atoms with van der Waals surface area (Å²) in [5, 5.41) is 2.72. The molecule has 0 aliphatic heterocycles. The number of esters is 1. The van der Waals surface area contributed by atoms with Gasteiger partial charge in [-0.2, -0.15) is 0 Å². The normalized spacial score (nSPS) is 11.7. The van der Waals surface area contributed by atoms with Gasteiger partial charge in [0.15, 0.2) is 6.10 Å². The average Bonchev–Trinajstić information content (AvgIpc) is 3.01. The molecule has 0 saturated heterocycles. The number of amides is 1. The van der Waals surface area contributed by atoms with Crippen molar-refractivity contribution in [3.63, 3.8) is 0 Å². The van der Waals surface area contributed by atoms with E-state index in [9.17, 15) is 9.59 Å². The highest BCUT2D eigenvalue weighted by Gasteiger charge is 2.19. The van der Waals surface area contributed by atoms with Crippen LogP contribution >= 0.6 is 0 Å². The van der Waals surface area contributed by atoms with Crippen molar-refractivity contribution in [3.05, 3.63) is 83.7 Å². The van der Waals surface area contributed by atoms with Gasteiger partial charge in [0, 0.05) is 22.8 Å². The summed E-state index contributed by atoms with van der Waals surface area (Å²) in [4.78, 5) is 24.5. The molecule has 0 unspecified atom stereocenters. The van der Waals surface area contributed by atoms with Crippen LogP contribution in [0.3, 0.4) is 0 Å². The van der Waals surface area contributed by atoms with E-state index in [0.29, 0.717) is 11.3 Å². The molecule has 1 heterocycles. The SMILES string of the molecule is Cc1ccc(C)n1-c1ccc(C(=O)O[C@H](C)C(=O)Nc2ccccc2)cc1. The smallest absolute Gasteiger partial charge is 0.338 e. The Balaban J connectivity index is 1.65. The summed E-state index contributed by atoms with van der Waals surface area (Å²) in [6, 6.07) is 20.3. The number of aryl methyl sites for hydroxylation is 2. The molecular weight excluding hydrogens is 340 g/mol. The Kier molecular flexibility index (Phi) is 5.41. The predicted molar refractivity (Wildman–Crippen MR) is 105 cm³/mol. The van der Waals surface area contributed by atoms with Gasteiger partial charge in [0.25, 0.3) is 5.91 Å². The number of carbonyl (C=O) groups is 2. The van der Waals surface area contributed by atoms with Gasteiger partial charge in [-0.25, -0.2) is 4.79 Å². The molecule has 0 radical (unpaired) electrons. The van der Waals surface area contributed by atoms with Crippen molar-refractivity contribution in [1.29, 1.82) is 0 Å². The van der Waals surface area contributed by atoms with Crippen LogP contribution in [0.1, 0.15) is 28.7 Å². The van der Waals surface area contributed by atoms with Crippen LogP contribution in [-0.4, -0.2) is 22.5 Å². The Hall–Kier alpha value is -3.34. The molecule has 1 atom stereocenters. The van der Waals surface area contributed by atoms with Crippen LogP contribution in [-0.2, 0) is 9.53 Å². The number of nitrogens with zero attached hydrogens (tertiary/aromatic N) is 1. The van der Waals surface area contributed by atoms with Gasteiger partial charge >= 0.3 is 5.97 Å². The highest BCUT2D eigenvalue weighted by molar-refractivity contribution is 5.97. The van der Waals surface area contributed by atoms with Crippen molar-refractivity contribution in [2.45, 2.75) is 26.9 Å². The zero-order chi connectivity index (χ0) is 19.4. The van der Waals surface area contributed by atoms with Gasteiger partial charge in [-0.1, -0.05) is 18.2 Å². The lowest BCUT2D eigenvalue weighted by molar-refractivity contribution is -0.123. The first kappa shape index (κ1) is 18.5. The average molecular weight is 362 g/mol. The summed E-state index contributed by atoms with van der Waals surface area (Å²) < 4.78 is 7.39. The zero-order valence-electron chi connectivity index (χ0n) is 15.6. The molecular formula is C22H22N2O3. The van der Waals surface area contributed by atoms with E-state index in [1.165, 1.54) is 0 Å². The van der Waals surface area contributed by atoms with Crippen molar-refractivity contribution >= 4 is 17.6 Å². The number of anilines is 1. The maximum Gasteiger partial charge on any atom is 0.338 e. The molecule has 0 aliphatic rings. The quantitative estimate of drug-likeness (QED) is 0.689. The number of nitrogens with one attached hydrogen (secondary N) is 1. The van der Waals surface area contributed by atoms with Crippen LogP contribution < -0.4 is 5.32 Å². The molecule has 27 heavy (non-hydrogen) atoms. The Labute approximate surface area is 158 Å². The number of rotatable bonds is 5. The highest BCUT2D eigenvalue weighted by atomic mass is 16.5. The third kappa shape index (κ3) is 4.26. The van der Waals surface area contributed by atoms with Crippen LogP contribution in [0, 0.1) is 13.8 Å². The number of para-hydroxylation sites is 1. The first-order valence-electron chi connectivity index (χ1n) is 8.78. The van der Waals surface area contributed by atoms with Crippen molar-refractivity contribution in [3.8, 4) is 5.69 Å². The maximum atomic E-state index is 12.3. The van der Waals surface area contributed by atoms with Gasteiger partial charge in [-0.3, -0.25) is 4.79 Å². The lowest BCUT2D eigenvalue weighted by Gasteiger charge is -2.14. The second kappa shape index (κ2) is 7.91. The topological polar surface area (TPSA) is 60.3 Å². The fourth-order valence-corrected chi connectivity index (χ4v) is 2.87. The predicted octanol–water partition coefficient (Wildman–Crippen LogP) is 4.28. The Morgan fingerprint density at radius 3 is 2.07 bits per heavy atom. The lowest BCUT2D eigenvalue weighted by atomic mass is 10.2.